The van der Waals surface area contributed by atoms with Gasteiger partial charge in [-0.3, -0.25) is 14.4 Å². The average Bonchev–Trinajstić information content (AvgIpc) is 2.78. The van der Waals surface area contributed by atoms with Crippen molar-refractivity contribution < 1.29 is 43.7 Å². The van der Waals surface area contributed by atoms with Gasteiger partial charge in [0.25, 0.3) is 0 Å². The fourth-order valence-electron chi connectivity index (χ4n) is 3.52. The summed E-state index contributed by atoms with van der Waals surface area (Å²) in [7, 11) is 0. The van der Waals surface area contributed by atoms with E-state index in [1.807, 2.05) is 0 Å². The number of hydrogen-bond acceptors (Lipinski definition) is 7. The standard InChI is InChI=1S/C22H28N2O9/c1-13(25)23-9-14-2-4-15(5-3-14)22(31)24-10-17(26)16-6-7-18(32-11-20(27)28)19(8-16)33-12-21(29)30/h6-8,14-15H,2-5,9-12H2,1H3,(H,23,25)(H,24,31)(H,27,28)(H,29,30). The maximum atomic E-state index is 12.5. The molecule has 1 aliphatic rings. The molecule has 1 aromatic rings. The summed E-state index contributed by atoms with van der Waals surface area (Å²) in [6, 6.07) is 3.94. The fraction of sp³-hybridized carbons (Fsp3) is 0.500. The number of aliphatic carboxylic acids is 2. The number of amides is 2. The van der Waals surface area contributed by atoms with Gasteiger partial charge in [0, 0.05) is 24.9 Å². The molecule has 11 heteroatoms. The van der Waals surface area contributed by atoms with E-state index in [0.717, 1.165) is 12.8 Å². The van der Waals surface area contributed by atoms with Gasteiger partial charge in [0.05, 0.1) is 6.54 Å². The predicted octanol–water partition coefficient (Wildman–Crippen LogP) is 0.855. The zero-order chi connectivity index (χ0) is 24.4. The summed E-state index contributed by atoms with van der Waals surface area (Å²) in [6.45, 7) is 0.440. The highest BCUT2D eigenvalue weighted by atomic mass is 16.5. The van der Waals surface area contributed by atoms with E-state index in [2.05, 4.69) is 10.6 Å². The number of Topliss-reactive ketones (excluding diaryl/α,β-unsaturated/α-hetero) is 1. The number of benzene rings is 1. The average molecular weight is 464 g/mol. The van der Waals surface area contributed by atoms with Gasteiger partial charge in [-0.05, 0) is 49.8 Å². The third-order valence-corrected chi connectivity index (χ3v) is 5.25. The van der Waals surface area contributed by atoms with E-state index in [0.29, 0.717) is 25.3 Å². The quantitative estimate of drug-likeness (QED) is 0.328. The van der Waals surface area contributed by atoms with Gasteiger partial charge in [-0.25, -0.2) is 9.59 Å². The Balaban J connectivity index is 1.91. The SMILES string of the molecule is CC(=O)NCC1CCC(C(=O)NCC(=O)c2ccc(OCC(=O)O)c(OCC(=O)O)c2)CC1. The summed E-state index contributed by atoms with van der Waals surface area (Å²) >= 11 is 0. The van der Waals surface area contributed by atoms with Crippen molar-refractivity contribution in [1.82, 2.24) is 10.6 Å². The summed E-state index contributed by atoms with van der Waals surface area (Å²) in [4.78, 5) is 57.5. The number of rotatable bonds is 12. The van der Waals surface area contributed by atoms with Crippen LogP contribution in [0.4, 0.5) is 0 Å². The van der Waals surface area contributed by atoms with Crippen LogP contribution in [0, 0.1) is 11.8 Å². The van der Waals surface area contributed by atoms with E-state index in [9.17, 15) is 24.0 Å². The lowest BCUT2D eigenvalue weighted by Crippen LogP contribution is -2.37. The van der Waals surface area contributed by atoms with Crippen LogP contribution >= 0.6 is 0 Å². The number of carbonyl (C=O) groups is 5. The minimum absolute atomic E-state index is 0.0183. The molecule has 0 bridgehead atoms. The van der Waals surface area contributed by atoms with Crippen molar-refractivity contribution in [3.8, 4) is 11.5 Å². The van der Waals surface area contributed by atoms with Crippen LogP contribution in [0.3, 0.4) is 0 Å². The van der Waals surface area contributed by atoms with Crippen LogP contribution < -0.4 is 20.1 Å². The molecule has 0 aromatic heterocycles. The van der Waals surface area contributed by atoms with E-state index in [1.165, 1.54) is 25.1 Å². The summed E-state index contributed by atoms with van der Waals surface area (Å²) in [6.07, 6.45) is 2.98. The molecule has 0 unspecified atom stereocenters. The number of ether oxygens (including phenoxy) is 2. The fourth-order valence-corrected chi connectivity index (χ4v) is 3.52. The molecule has 2 rings (SSSR count). The smallest absolute Gasteiger partial charge is 0.341 e. The number of hydrogen-bond donors (Lipinski definition) is 4. The Bertz CT molecular complexity index is 892. The molecule has 180 valence electrons. The summed E-state index contributed by atoms with van der Waals surface area (Å²) in [5.41, 5.74) is 0.150. The molecule has 1 aliphatic carbocycles. The molecule has 0 saturated heterocycles. The van der Waals surface area contributed by atoms with Gasteiger partial charge in [-0.15, -0.1) is 0 Å². The maximum absolute atomic E-state index is 12.5. The molecule has 0 radical (unpaired) electrons. The van der Waals surface area contributed by atoms with Crippen molar-refractivity contribution in [1.29, 1.82) is 0 Å². The highest BCUT2D eigenvalue weighted by molar-refractivity contribution is 6.00. The van der Waals surface area contributed by atoms with E-state index < -0.39 is 30.9 Å². The van der Waals surface area contributed by atoms with Gasteiger partial charge >= 0.3 is 11.9 Å². The Morgan fingerprint density at radius 1 is 0.909 bits per heavy atom. The monoisotopic (exact) mass is 464 g/mol. The summed E-state index contributed by atoms with van der Waals surface area (Å²) < 4.78 is 10.2. The maximum Gasteiger partial charge on any atom is 0.341 e. The van der Waals surface area contributed by atoms with Crippen LogP contribution in [0.1, 0.15) is 43.0 Å². The second kappa shape index (κ2) is 12.4. The molecule has 0 heterocycles. The van der Waals surface area contributed by atoms with Crippen molar-refractivity contribution in [3.63, 3.8) is 0 Å². The van der Waals surface area contributed by atoms with Gasteiger partial charge in [0.15, 0.2) is 30.5 Å². The van der Waals surface area contributed by atoms with Gasteiger partial charge in [0.2, 0.25) is 11.8 Å². The van der Waals surface area contributed by atoms with E-state index in [1.54, 1.807) is 0 Å². The first-order valence-corrected chi connectivity index (χ1v) is 10.5. The van der Waals surface area contributed by atoms with Crippen molar-refractivity contribution >= 4 is 29.5 Å². The van der Waals surface area contributed by atoms with Gasteiger partial charge in [0.1, 0.15) is 0 Å². The van der Waals surface area contributed by atoms with Crippen molar-refractivity contribution in [2.75, 3.05) is 26.3 Å². The van der Waals surface area contributed by atoms with Gasteiger partial charge in [-0.2, -0.15) is 0 Å². The zero-order valence-corrected chi connectivity index (χ0v) is 18.3. The van der Waals surface area contributed by atoms with Crippen LogP contribution in [-0.4, -0.2) is 66.1 Å². The molecule has 0 aliphatic heterocycles. The molecule has 1 saturated carbocycles. The molecule has 1 fully saturated rings. The third kappa shape index (κ3) is 8.79. The Morgan fingerprint density at radius 2 is 1.52 bits per heavy atom. The molecule has 33 heavy (non-hydrogen) atoms. The lowest BCUT2D eigenvalue weighted by Gasteiger charge is -2.27. The Labute approximate surface area is 190 Å². The summed E-state index contributed by atoms with van der Waals surface area (Å²) in [5, 5.41) is 23.0. The molecule has 11 nitrogen and oxygen atoms in total. The second-order valence-electron chi connectivity index (χ2n) is 7.82. The predicted molar refractivity (Wildman–Crippen MR) is 114 cm³/mol. The lowest BCUT2D eigenvalue weighted by atomic mass is 9.81. The first-order valence-electron chi connectivity index (χ1n) is 10.5. The first-order chi connectivity index (χ1) is 15.7. The molecule has 4 N–H and O–H groups in total. The van der Waals surface area contributed by atoms with Crippen LogP contribution in [-0.2, 0) is 19.2 Å². The minimum Gasteiger partial charge on any atom is -0.479 e. The van der Waals surface area contributed by atoms with E-state index in [4.69, 9.17) is 19.7 Å². The molecule has 2 amide bonds. The van der Waals surface area contributed by atoms with Crippen LogP contribution in [0.25, 0.3) is 0 Å². The normalized spacial score (nSPS) is 17.5. The van der Waals surface area contributed by atoms with Crippen LogP contribution in [0.5, 0.6) is 11.5 Å². The highest BCUT2D eigenvalue weighted by Crippen LogP contribution is 2.30. The minimum atomic E-state index is -1.25. The Kier molecular flexibility index (Phi) is 9.64. The summed E-state index contributed by atoms with van der Waals surface area (Å²) in [5.74, 6) is -3.17. The van der Waals surface area contributed by atoms with Crippen LogP contribution in [0.15, 0.2) is 18.2 Å². The second-order valence-corrected chi connectivity index (χ2v) is 7.82. The Morgan fingerprint density at radius 3 is 2.09 bits per heavy atom. The van der Waals surface area contributed by atoms with Crippen LogP contribution in [0.2, 0.25) is 0 Å². The molecular formula is C22H28N2O9. The lowest BCUT2D eigenvalue weighted by molar-refractivity contribution is -0.140. The van der Waals surface area contributed by atoms with Crippen molar-refractivity contribution in [2.24, 2.45) is 11.8 Å². The van der Waals surface area contributed by atoms with Gasteiger partial charge < -0.3 is 30.3 Å². The van der Waals surface area contributed by atoms with Crippen molar-refractivity contribution in [3.05, 3.63) is 23.8 Å². The number of carboxylic acids is 2. The van der Waals surface area contributed by atoms with Gasteiger partial charge in [-0.1, -0.05) is 0 Å². The first kappa shape index (κ1) is 25.6. The van der Waals surface area contributed by atoms with E-state index >= 15 is 0 Å². The third-order valence-electron chi connectivity index (χ3n) is 5.25. The Hall–Kier alpha value is -3.63. The molecular weight excluding hydrogens is 436 g/mol. The number of carbonyl (C=O) groups excluding carboxylic acids is 3. The zero-order valence-electron chi connectivity index (χ0n) is 18.3. The number of carboxylic acid groups (broad SMARTS) is 2. The number of ketones is 1. The molecule has 0 atom stereocenters. The molecule has 0 spiro atoms. The molecule has 1 aromatic carbocycles. The van der Waals surface area contributed by atoms with E-state index in [-0.39, 0.29) is 41.3 Å². The van der Waals surface area contributed by atoms with Crippen molar-refractivity contribution in [2.45, 2.75) is 32.6 Å². The number of nitrogens with one attached hydrogen (secondary N) is 2. The highest BCUT2D eigenvalue weighted by Gasteiger charge is 2.26. The largest absolute Gasteiger partial charge is 0.479 e. The topological polar surface area (TPSA) is 168 Å².